The molecule has 2 aromatic heterocycles. The van der Waals surface area contributed by atoms with Gasteiger partial charge < -0.3 is 0 Å². The maximum Gasteiger partial charge on any atom is 0.158 e. The van der Waals surface area contributed by atoms with Crippen LogP contribution in [0.4, 0.5) is 5.82 Å². The summed E-state index contributed by atoms with van der Waals surface area (Å²) in [5.74, 6) is 1.48. The third-order valence-electron chi connectivity index (χ3n) is 6.11. The minimum Gasteiger partial charge on any atom is -0.261 e. The summed E-state index contributed by atoms with van der Waals surface area (Å²) in [5.41, 5.74) is 5.90. The Morgan fingerprint density at radius 2 is 2.07 bits per heavy atom. The molecular weight excluding hydrogens is 388 g/mol. The highest BCUT2D eigenvalue weighted by atomic mass is 35.5. The highest BCUT2D eigenvalue weighted by molar-refractivity contribution is 7.19. The lowest BCUT2D eigenvalue weighted by Gasteiger charge is -2.36. The zero-order valence-corrected chi connectivity index (χ0v) is 18.1. The lowest BCUT2D eigenvalue weighted by molar-refractivity contribution is 0.184. The molecule has 0 spiro atoms. The van der Waals surface area contributed by atoms with Crippen molar-refractivity contribution in [1.82, 2.24) is 9.97 Å². The molecule has 0 amide bonds. The van der Waals surface area contributed by atoms with Crippen molar-refractivity contribution in [2.45, 2.75) is 46.5 Å². The summed E-state index contributed by atoms with van der Waals surface area (Å²) in [6, 6.07) is 7.59. The summed E-state index contributed by atoms with van der Waals surface area (Å²) >= 11 is 7.75. The molecule has 0 saturated heterocycles. The molecule has 0 bridgehead atoms. The van der Waals surface area contributed by atoms with E-state index in [1.165, 1.54) is 23.3 Å². The maximum absolute atomic E-state index is 5.94. The van der Waals surface area contributed by atoms with E-state index in [0.29, 0.717) is 11.3 Å². The molecule has 4 rings (SSSR count). The van der Waals surface area contributed by atoms with Gasteiger partial charge in [0.1, 0.15) is 11.2 Å². The molecule has 3 aromatic rings. The zero-order valence-electron chi connectivity index (χ0n) is 16.5. The van der Waals surface area contributed by atoms with Crippen LogP contribution in [0.5, 0.6) is 0 Å². The standard InChI is InChI=1S/C22H25ClN4S/c1-4-22(2,3)15-7-10-18-17(11-15)19-20(24-13-25-21(19)28-18)27-26-12-14-5-8-16(23)9-6-14/h5-6,8-9,12-13,15H,4,7,10-11H2,1-3H3,(H,24,25,27)/b26-12-/t15-/m0/s1. The molecule has 0 radical (unpaired) electrons. The Bertz CT molecular complexity index is 1010. The summed E-state index contributed by atoms with van der Waals surface area (Å²) in [4.78, 5) is 11.5. The lowest BCUT2D eigenvalue weighted by Crippen LogP contribution is -2.28. The predicted molar refractivity (Wildman–Crippen MR) is 120 cm³/mol. The molecule has 4 nitrogen and oxygen atoms in total. The molecule has 6 heteroatoms. The molecule has 1 aliphatic rings. The number of halogens is 1. The van der Waals surface area contributed by atoms with Gasteiger partial charge in [0.15, 0.2) is 5.82 Å². The Balaban J connectivity index is 1.63. The van der Waals surface area contributed by atoms with Crippen molar-refractivity contribution in [3.8, 4) is 0 Å². The number of nitrogens with one attached hydrogen (secondary N) is 1. The summed E-state index contributed by atoms with van der Waals surface area (Å²) < 4.78 is 0. The average Bonchev–Trinajstić information content (AvgIpc) is 3.08. The second-order valence-corrected chi connectivity index (χ2v) is 9.63. The van der Waals surface area contributed by atoms with Crippen LogP contribution in [0.2, 0.25) is 5.02 Å². The molecule has 1 aliphatic carbocycles. The normalized spacial score (nSPS) is 17.2. The van der Waals surface area contributed by atoms with Crippen molar-refractivity contribution >= 4 is 45.2 Å². The first kappa shape index (κ1) is 19.3. The largest absolute Gasteiger partial charge is 0.261 e. The van der Waals surface area contributed by atoms with Crippen molar-refractivity contribution in [2.24, 2.45) is 16.4 Å². The van der Waals surface area contributed by atoms with Gasteiger partial charge in [0, 0.05) is 9.90 Å². The number of benzene rings is 1. The topological polar surface area (TPSA) is 50.2 Å². The van der Waals surface area contributed by atoms with Gasteiger partial charge in [-0.3, -0.25) is 5.43 Å². The molecule has 0 unspecified atom stereocenters. The van der Waals surface area contributed by atoms with Crippen LogP contribution in [0.25, 0.3) is 10.2 Å². The van der Waals surface area contributed by atoms with E-state index in [2.05, 4.69) is 41.3 Å². The number of thiophene rings is 1. The first-order valence-corrected chi connectivity index (χ1v) is 11.0. The van der Waals surface area contributed by atoms with Gasteiger partial charge in [0.05, 0.1) is 11.6 Å². The van der Waals surface area contributed by atoms with Crippen molar-refractivity contribution in [2.75, 3.05) is 5.43 Å². The Labute approximate surface area is 175 Å². The number of aromatic nitrogens is 2. The van der Waals surface area contributed by atoms with Crippen LogP contribution in [-0.2, 0) is 12.8 Å². The van der Waals surface area contributed by atoms with Crippen LogP contribution in [0.15, 0.2) is 35.7 Å². The monoisotopic (exact) mass is 412 g/mol. The van der Waals surface area contributed by atoms with Gasteiger partial charge in [0.25, 0.3) is 0 Å². The average molecular weight is 413 g/mol. The number of rotatable bonds is 5. The molecule has 1 aromatic carbocycles. The van der Waals surface area contributed by atoms with E-state index in [-0.39, 0.29) is 0 Å². The number of anilines is 1. The van der Waals surface area contributed by atoms with Gasteiger partial charge in [-0.25, -0.2) is 9.97 Å². The number of fused-ring (bicyclic) bond motifs is 3. The SMILES string of the molecule is CCC(C)(C)[C@H]1CCc2sc3ncnc(N/N=C\c4ccc(Cl)cc4)c3c2C1. The summed E-state index contributed by atoms with van der Waals surface area (Å²) in [5, 5.41) is 6.27. The minimum absolute atomic E-state index is 0.349. The zero-order chi connectivity index (χ0) is 19.7. The summed E-state index contributed by atoms with van der Waals surface area (Å²) in [6.45, 7) is 7.08. The minimum atomic E-state index is 0.349. The fourth-order valence-electron chi connectivity index (χ4n) is 3.87. The molecular formula is C22H25ClN4S. The van der Waals surface area contributed by atoms with Gasteiger partial charge in [0.2, 0.25) is 0 Å². The Hall–Kier alpha value is -1.98. The molecule has 0 fully saturated rings. The maximum atomic E-state index is 5.94. The van der Waals surface area contributed by atoms with Crippen LogP contribution in [-0.4, -0.2) is 16.2 Å². The third-order valence-corrected chi connectivity index (χ3v) is 7.56. The van der Waals surface area contributed by atoms with E-state index >= 15 is 0 Å². The quantitative estimate of drug-likeness (QED) is 0.393. The van der Waals surface area contributed by atoms with Gasteiger partial charge in [-0.1, -0.05) is 50.9 Å². The molecule has 28 heavy (non-hydrogen) atoms. The van der Waals surface area contributed by atoms with Gasteiger partial charge in [-0.2, -0.15) is 5.10 Å². The van der Waals surface area contributed by atoms with Crippen LogP contribution in [0.3, 0.4) is 0 Å². The third kappa shape index (κ3) is 3.78. The van der Waals surface area contributed by atoms with Crippen molar-refractivity contribution in [3.63, 3.8) is 0 Å². The Morgan fingerprint density at radius 3 is 2.82 bits per heavy atom. The van der Waals surface area contributed by atoms with Crippen LogP contribution in [0.1, 0.15) is 49.6 Å². The first-order chi connectivity index (χ1) is 13.5. The second kappa shape index (κ2) is 7.80. The smallest absolute Gasteiger partial charge is 0.158 e. The summed E-state index contributed by atoms with van der Waals surface area (Å²) in [7, 11) is 0. The predicted octanol–water partition coefficient (Wildman–Crippen LogP) is 6.33. The molecule has 146 valence electrons. The molecule has 1 atom stereocenters. The highest BCUT2D eigenvalue weighted by Gasteiger charge is 2.33. The van der Waals surface area contributed by atoms with E-state index in [9.17, 15) is 0 Å². The van der Waals surface area contributed by atoms with Crippen molar-refractivity contribution in [3.05, 3.63) is 51.6 Å². The Morgan fingerprint density at radius 1 is 1.29 bits per heavy atom. The van der Waals surface area contributed by atoms with Gasteiger partial charge in [-0.05, 0) is 53.9 Å². The number of nitrogens with zero attached hydrogens (tertiary/aromatic N) is 3. The fraction of sp³-hybridized carbons (Fsp3) is 0.409. The summed E-state index contributed by atoms with van der Waals surface area (Å²) in [6.07, 6.45) is 8.09. The number of aryl methyl sites for hydroxylation is 1. The van der Waals surface area contributed by atoms with Crippen LogP contribution < -0.4 is 5.43 Å². The highest BCUT2D eigenvalue weighted by Crippen LogP contribution is 2.45. The molecule has 2 heterocycles. The number of hydrogen-bond acceptors (Lipinski definition) is 5. The van der Waals surface area contributed by atoms with Gasteiger partial charge >= 0.3 is 0 Å². The van der Waals surface area contributed by atoms with Crippen molar-refractivity contribution in [1.29, 1.82) is 0 Å². The van der Waals surface area contributed by atoms with E-state index in [4.69, 9.17) is 11.6 Å². The number of hydrogen-bond donors (Lipinski definition) is 1. The molecule has 1 N–H and O–H groups in total. The van der Waals surface area contributed by atoms with E-state index < -0.39 is 0 Å². The van der Waals surface area contributed by atoms with E-state index in [1.807, 2.05) is 35.6 Å². The molecule has 0 saturated carbocycles. The number of hydrazone groups is 1. The second-order valence-electron chi connectivity index (χ2n) is 8.11. The first-order valence-electron chi connectivity index (χ1n) is 9.78. The lowest BCUT2D eigenvalue weighted by atomic mass is 9.69. The van der Waals surface area contributed by atoms with E-state index in [1.54, 1.807) is 12.5 Å². The van der Waals surface area contributed by atoms with E-state index in [0.717, 1.165) is 39.5 Å². The van der Waals surface area contributed by atoms with Crippen LogP contribution in [0, 0.1) is 11.3 Å². The Kier molecular flexibility index (Phi) is 5.39. The van der Waals surface area contributed by atoms with Crippen molar-refractivity contribution < 1.29 is 0 Å². The fourth-order valence-corrected chi connectivity index (χ4v) is 5.18. The van der Waals surface area contributed by atoms with Gasteiger partial charge in [-0.15, -0.1) is 11.3 Å². The van der Waals surface area contributed by atoms with Crippen LogP contribution >= 0.6 is 22.9 Å². The molecule has 0 aliphatic heterocycles.